The highest BCUT2D eigenvalue weighted by molar-refractivity contribution is 6.32. The van der Waals surface area contributed by atoms with Crippen molar-refractivity contribution in [2.75, 3.05) is 13.7 Å². The summed E-state index contributed by atoms with van der Waals surface area (Å²) in [5, 5.41) is 2.66. The Morgan fingerprint density at radius 2 is 2.15 bits per heavy atom. The molecule has 27 heavy (non-hydrogen) atoms. The highest BCUT2D eigenvalue weighted by Crippen LogP contribution is 2.28. The van der Waals surface area contributed by atoms with Gasteiger partial charge in [-0.3, -0.25) is 0 Å². The first kappa shape index (κ1) is 20.9. The van der Waals surface area contributed by atoms with Gasteiger partial charge in [0.05, 0.1) is 5.69 Å². The molecule has 0 aliphatic rings. The van der Waals surface area contributed by atoms with Crippen LogP contribution in [-0.4, -0.2) is 40.2 Å². The number of amides is 1. The van der Waals surface area contributed by atoms with Gasteiger partial charge >= 0.3 is 12.1 Å². The van der Waals surface area contributed by atoms with Crippen molar-refractivity contribution in [1.82, 2.24) is 20.3 Å². The average Bonchev–Trinajstić information content (AvgIpc) is 2.59. The number of hydrogen-bond acceptors (Lipinski definition) is 7. The van der Waals surface area contributed by atoms with Crippen LogP contribution in [-0.2, 0) is 0 Å². The number of nitrogens with zero attached hydrogens (tertiary/aromatic N) is 3. The molecule has 9 heteroatoms. The Kier molecular flexibility index (Phi) is 6.92. The smallest absolute Gasteiger partial charge is 0.414 e. The molecule has 1 amide bonds. The maximum absolute atomic E-state index is 11.3. The van der Waals surface area contributed by atoms with Crippen LogP contribution in [0.4, 0.5) is 4.79 Å². The molecule has 0 saturated carbocycles. The van der Waals surface area contributed by atoms with Crippen LogP contribution in [0.15, 0.2) is 24.5 Å². The fourth-order valence-corrected chi connectivity index (χ4v) is 2.80. The molecule has 0 spiro atoms. The lowest BCUT2D eigenvalue weighted by molar-refractivity contribution is 0.199. The van der Waals surface area contributed by atoms with Crippen molar-refractivity contribution in [3.05, 3.63) is 29.5 Å². The van der Waals surface area contributed by atoms with Crippen molar-refractivity contribution in [1.29, 1.82) is 0 Å². The number of halogens is 1. The van der Waals surface area contributed by atoms with Gasteiger partial charge in [-0.05, 0) is 31.4 Å². The fourth-order valence-electron chi connectivity index (χ4n) is 2.58. The van der Waals surface area contributed by atoms with Gasteiger partial charge in [-0.25, -0.2) is 14.8 Å². The van der Waals surface area contributed by atoms with Crippen molar-refractivity contribution in [3.8, 4) is 23.1 Å². The van der Waals surface area contributed by atoms with E-state index in [2.05, 4.69) is 34.1 Å². The van der Waals surface area contributed by atoms with E-state index in [0.717, 1.165) is 6.42 Å². The minimum atomic E-state index is -0.654. The summed E-state index contributed by atoms with van der Waals surface area (Å²) in [7, 11) is 1.45. The van der Waals surface area contributed by atoms with Gasteiger partial charge in [-0.15, -0.1) is 0 Å². The zero-order valence-electron chi connectivity index (χ0n) is 15.8. The third kappa shape index (κ3) is 6.33. The Bertz CT molecular complexity index is 798. The predicted octanol–water partition coefficient (Wildman–Crippen LogP) is 3.05. The topological polar surface area (TPSA) is 112 Å². The van der Waals surface area contributed by atoms with Crippen molar-refractivity contribution in [3.63, 3.8) is 0 Å². The molecule has 3 N–H and O–H groups in total. The third-order valence-corrected chi connectivity index (χ3v) is 3.81. The standard InChI is InChI=1S/C18H24ClN5O3/c1-11(2)8-18(3,20)10-26-15-13(19)7-12(9-23-15)14-5-6-22-16(24-14)27-17(25)21-4/h5-7,9,11H,8,10,20H2,1-4H3,(H,21,25)/t18-/m0/s1. The molecule has 0 unspecified atom stereocenters. The van der Waals surface area contributed by atoms with Crippen LogP contribution < -0.4 is 20.5 Å². The lowest BCUT2D eigenvalue weighted by Gasteiger charge is -2.26. The number of hydrogen-bond donors (Lipinski definition) is 2. The van der Waals surface area contributed by atoms with E-state index in [1.54, 1.807) is 18.3 Å². The highest BCUT2D eigenvalue weighted by atomic mass is 35.5. The summed E-state index contributed by atoms with van der Waals surface area (Å²) in [5.41, 5.74) is 6.91. The van der Waals surface area contributed by atoms with Crippen LogP contribution in [0.5, 0.6) is 11.9 Å². The van der Waals surface area contributed by atoms with E-state index >= 15 is 0 Å². The molecule has 2 aromatic rings. The first-order valence-electron chi connectivity index (χ1n) is 8.50. The number of carbonyl (C=O) groups excluding carboxylic acids is 1. The molecule has 1 atom stereocenters. The van der Waals surface area contributed by atoms with Crippen LogP contribution >= 0.6 is 11.6 Å². The number of aromatic nitrogens is 3. The van der Waals surface area contributed by atoms with Crippen LogP contribution in [0, 0.1) is 5.92 Å². The fraction of sp³-hybridized carbons (Fsp3) is 0.444. The molecule has 8 nitrogen and oxygen atoms in total. The van der Waals surface area contributed by atoms with Gasteiger partial charge < -0.3 is 20.5 Å². The Labute approximate surface area is 163 Å². The third-order valence-electron chi connectivity index (χ3n) is 3.54. The number of rotatable bonds is 7. The van der Waals surface area contributed by atoms with E-state index in [9.17, 15) is 4.79 Å². The molecule has 0 radical (unpaired) electrons. The predicted molar refractivity (Wildman–Crippen MR) is 103 cm³/mol. The van der Waals surface area contributed by atoms with Gasteiger partial charge in [0, 0.05) is 30.5 Å². The zero-order chi connectivity index (χ0) is 20.0. The van der Waals surface area contributed by atoms with Gasteiger partial charge in [0.25, 0.3) is 0 Å². The number of pyridine rings is 1. The van der Waals surface area contributed by atoms with E-state index in [-0.39, 0.29) is 6.01 Å². The minimum Gasteiger partial charge on any atom is -0.475 e. The van der Waals surface area contributed by atoms with Gasteiger partial charge in [0.1, 0.15) is 11.6 Å². The van der Waals surface area contributed by atoms with Crippen molar-refractivity contribution >= 4 is 17.7 Å². The van der Waals surface area contributed by atoms with Gasteiger partial charge in [-0.2, -0.15) is 4.98 Å². The SMILES string of the molecule is CNC(=O)Oc1nccc(-c2cnc(OC[C@@](C)(N)CC(C)C)c(Cl)c2)n1. The van der Waals surface area contributed by atoms with Crippen LogP contribution in [0.25, 0.3) is 11.3 Å². The van der Waals surface area contributed by atoms with Gasteiger partial charge in [-0.1, -0.05) is 25.4 Å². The van der Waals surface area contributed by atoms with Crippen LogP contribution in [0.3, 0.4) is 0 Å². The summed E-state index contributed by atoms with van der Waals surface area (Å²) in [6, 6.07) is 3.26. The summed E-state index contributed by atoms with van der Waals surface area (Å²) in [4.78, 5) is 23.6. The Balaban J connectivity index is 2.12. The van der Waals surface area contributed by atoms with E-state index in [1.165, 1.54) is 13.2 Å². The quantitative estimate of drug-likeness (QED) is 0.743. The highest BCUT2D eigenvalue weighted by Gasteiger charge is 2.22. The lowest BCUT2D eigenvalue weighted by Crippen LogP contribution is -2.43. The molecule has 2 heterocycles. The summed E-state index contributed by atoms with van der Waals surface area (Å²) in [6.45, 7) is 6.45. The van der Waals surface area contributed by atoms with E-state index in [0.29, 0.717) is 34.7 Å². The molecular formula is C18H24ClN5O3. The van der Waals surface area contributed by atoms with Crippen molar-refractivity contribution in [2.24, 2.45) is 11.7 Å². The van der Waals surface area contributed by atoms with E-state index < -0.39 is 11.6 Å². The van der Waals surface area contributed by atoms with E-state index in [1.807, 2.05) is 6.92 Å². The normalized spacial score (nSPS) is 13.1. The minimum absolute atomic E-state index is 0.0733. The molecule has 0 aliphatic heterocycles. The second-order valence-electron chi connectivity index (χ2n) is 6.92. The van der Waals surface area contributed by atoms with Gasteiger partial charge in [0.15, 0.2) is 0 Å². The largest absolute Gasteiger partial charge is 0.475 e. The molecule has 0 bridgehead atoms. The molecule has 0 saturated heterocycles. The van der Waals surface area contributed by atoms with Crippen molar-refractivity contribution < 1.29 is 14.3 Å². The van der Waals surface area contributed by atoms with Crippen LogP contribution in [0.2, 0.25) is 5.02 Å². The van der Waals surface area contributed by atoms with Crippen LogP contribution in [0.1, 0.15) is 27.2 Å². The van der Waals surface area contributed by atoms with E-state index in [4.69, 9.17) is 26.8 Å². The summed E-state index contributed by atoms with van der Waals surface area (Å²) in [5.74, 6) is 0.759. The number of ether oxygens (including phenoxy) is 2. The molecular weight excluding hydrogens is 370 g/mol. The number of nitrogens with one attached hydrogen (secondary N) is 1. The lowest BCUT2D eigenvalue weighted by atomic mass is 9.93. The maximum Gasteiger partial charge on any atom is 0.414 e. The summed E-state index contributed by atoms with van der Waals surface area (Å²) in [6.07, 6.45) is 3.21. The number of nitrogens with two attached hydrogens (primary N) is 1. The molecule has 146 valence electrons. The maximum atomic E-state index is 11.3. The van der Waals surface area contributed by atoms with Crippen molar-refractivity contribution in [2.45, 2.75) is 32.7 Å². The monoisotopic (exact) mass is 393 g/mol. The second kappa shape index (κ2) is 8.96. The molecule has 2 aromatic heterocycles. The first-order chi connectivity index (χ1) is 12.7. The molecule has 0 aliphatic carbocycles. The Morgan fingerprint density at radius 3 is 2.78 bits per heavy atom. The Morgan fingerprint density at radius 1 is 1.41 bits per heavy atom. The molecule has 2 rings (SSSR count). The summed E-state index contributed by atoms with van der Waals surface area (Å²) < 4.78 is 10.6. The zero-order valence-corrected chi connectivity index (χ0v) is 16.6. The summed E-state index contributed by atoms with van der Waals surface area (Å²) >= 11 is 6.29. The second-order valence-corrected chi connectivity index (χ2v) is 7.32. The first-order valence-corrected chi connectivity index (χ1v) is 8.88. The molecule has 0 fully saturated rings. The Hall–Kier alpha value is -2.45. The number of carbonyl (C=O) groups is 1. The van der Waals surface area contributed by atoms with Gasteiger partial charge in [0.2, 0.25) is 5.88 Å². The molecule has 0 aromatic carbocycles. The average molecular weight is 394 g/mol.